The van der Waals surface area contributed by atoms with Crippen molar-refractivity contribution in [1.29, 1.82) is 0 Å². The topological polar surface area (TPSA) is 102 Å². The maximum atomic E-state index is 11.9. The number of aromatic nitrogens is 3. The van der Waals surface area contributed by atoms with Crippen molar-refractivity contribution < 1.29 is 14.1 Å². The number of hydrogen-bond donors (Lipinski definition) is 2. The Morgan fingerprint density at radius 2 is 2.22 bits per heavy atom. The molecule has 0 aliphatic heterocycles. The van der Waals surface area contributed by atoms with Crippen molar-refractivity contribution >= 4 is 29.0 Å². The molecule has 2 amide bonds. The van der Waals surface area contributed by atoms with E-state index in [0.717, 1.165) is 4.88 Å². The second-order valence-corrected chi connectivity index (χ2v) is 5.55. The molecule has 0 saturated carbocycles. The van der Waals surface area contributed by atoms with Gasteiger partial charge in [-0.05, 0) is 17.5 Å². The van der Waals surface area contributed by atoms with E-state index < -0.39 is 11.8 Å². The molecule has 2 N–H and O–H groups in total. The number of thiophene rings is 1. The first kappa shape index (κ1) is 15.0. The molecule has 0 fully saturated rings. The quantitative estimate of drug-likeness (QED) is 0.686. The van der Waals surface area contributed by atoms with Crippen molar-refractivity contribution in [2.24, 2.45) is 0 Å². The smallest absolute Gasteiger partial charge is 0.314 e. The number of nitrogens with one attached hydrogen (secondary N) is 2. The predicted molar refractivity (Wildman–Crippen MR) is 82.8 cm³/mol. The Bertz CT molecular complexity index is 718. The molecule has 23 heavy (non-hydrogen) atoms. The van der Waals surface area contributed by atoms with Crippen molar-refractivity contribution in [2.45, 2.75) is 6.04 Å². The molecule has 8 nitrogen and oxygen atoms in total. The number of amides is 2. The summed E-state index contributed by atoms with van der Waals surface area (Å²) < 4.78 is 6.32. The van der Waals surface area contributed by atoms with Crippen LogP contribution in [0.25, 0.3) is 0 Å². The van der Waals surface area contributed by atoms with Crippen LogP contribution in [0.1, 0.15) is 10.9 Å². The molecule has 1 atom stereocenters. The van der Waals surface area contributed by atoms with Crippen LogP contribution in [0.5, 0.6) is 0 Å². The third kappa shape index (κ3) is 3.64. The number of carbonyl (C=O) groups excluding carboxylic acids is 2. The summed E-state index contributed by atoms with van der Waals surface area (Å²) in [6, 6.07) is 6.96. The van der Waals surface area contributed by atoms with Crippen LogP contribution >= 0.6 is 11.3 Å². The van der Waals surface area contributed by atoms with E-state index >= 15 is 0 Å². The molecule has 3 aromatic rings. The molecule has 9 heteroatoms. The summed E-state index contributed by atoms with van der Waals surface area (Å²) in [6.45, 7) is 0.243. The molecule has 0 spiro atoms. The Morgan fingerprint density at radius 3 is 2.87 bits per heavy atom. The zero-order valence-corrected chi connectivity index (χ0v) is 12.7. The van der Waals surface area contributed by atoms with Gasteiger partial charge in [0.15, 0.2) is 5.82 Å². The largest absolute Gasteiger partial charge is 0.363 e. The van der Waals surface area contributed by atoms with Gasteiger partial charge in [-0.3, -0.25) is 19.6 Å². The third-order valence-electron chi connectivity index (χ3n) is 3.06. The fourth-order valence-corrected chi connectivity index (χ4v) is 2.81. The zero-order valence-electron chi connectivity index (χ0n) is 11.9. The highest BCUT2D eigenvalue weighted by Crippen LogP contribution is 2.21. The molecule has 118 valence electrons. The lowest BCUT2D eigenvalue weighted by Gasteiger charge is -2.16. The predicted octanol–water partition coefficient (Wildman–Crippen LogP) is 1.28. The van der Waals surface area contributed by atoms with Crippen LogP contribution in [0.15, 0.2) is 52.8 Å². The van der Waals surface area contributed by atoms with E-state index in [1.165, 1.54) is 12.3 Å². The summed E-state index contributed by atoms with van der Waals surface area (Å²) in [5.74, 6) is -1.36. The molecule has 0 aliphatic carbocycles. The van der Waals surface area contributed by atoms with Gasteiger partial charge in [0.2, 0.25) is 0 Å². The summed E-state index contributed by atoms with van der Waals surface area (Å²) in [5, 5.41) is 14.6. The van der Waals surface area contributed by atoms with Crippen LogP contribution in [0, 0.1) is 0 Å². The van der Waals surface area contributed by atoms with Gasteiger partial charge in [0.05, 0.1) is 0 Å². The van der Waals surface area contributed by atoms with Crippen LogP contribution in [-0.4, -0.2) is 33.3 Å². The van der Waals surface area contributed by atoms with Crippen LogP contribution in [-0.2, 0) is 9.59 Å². The van der Waals surface area contributed by atoms with E-state index in [-0.39, 0.29) is 18.4 Å². The maximum Gasteiger partial charge on any atom is 0.314 e. The molecular formula is C14H13N5O3S. The molecule has 0 radical (unpaired) electrons. The molecule has 3 rings (SSSR count). The number of nitrogens with zero attached hydrogens (tertiary/aromatic N) is 3. The number of anilines is 1. The van der Waals surface area contributed by atoms with Gasteiger partial charge in [0, 0.05) is 29.9 Å². The molecule has 1 unspecified atom stereocenters. The Morgan fingerprint density at radius 1 is 1.30 bits per heavy atom. The lowest BCUT2D eigenvalue weighted by atomic mass is 10.2. The van der Waals surface area contributed by atoms with Crippen LogP contribution in [0.4, 0.5) is 5.82 Å². The van der Waals surface area contributed by atoms with E-state index in [1.54, 1.807) is 28.3 Å². The Hall–Kier alpha value is -2.94. The zero-order chi connectivity index (χ0) is 16.1. The van der Waals surface area contributed by atoms with Crippen molar-refractivity contribution in [3.05, 3.63) is 53.2 Å². The van der Waals surface area contributed by atoms with Gasteiger partial charge in [0.25, 0.3) is 0 Å². The van der Waals surface area contributed by atoms with Crippen LogP contribution in [0.3, 0.4) is 0 Å². The monoisotopic (exact) mass is 331 g/mol. The summed E-state index contributed by atoms with van der Waals surface area (Å²) in [5.41, 5.74) is 0. The third-order valence-corrected chi connectivity index (χ3v) is 4.03. The highest BCUT2D eigenvalue weighted by atomic mass is 32.1. The van der Waals surface area contributed by atoms with E-state index in [0.29, 0.717) is 0 Å². The van der Waals surface area contributed by atoms with Gasteiger partial charge in [-0.15, -0.1) is 11.3 Å². The number of carbonyl (C=O) groups is 2. The average molecular weight is 331 g/mol. The van der Waals surface area contributed by atoms with Gasteiger partial charge in [-0.2, -0.15) is 5.10 Å². The van der Waals surface area contributed by atoms with Gasteiger partial charge >= 0.3 is 11.8 Å². The van der Waals surface area contributed by atoms with Crippen molar-refractivity contribution in [3.63, 3.8) is 0 Å². The number of hydrogen-bond acceptors (Lipinski definition) is 6. The first-order chi connectivity index (χ1) is 11.2. The van der Waals surface area contributed by atoms with Gasteiger partial charge in [-0.1, -0.05) is 11.2 Å². The molecule has 0 aliphatic rings. The Balaban J connectivity index is 1.62. The highest BCUT2D eigenvalue weighted by molar-refractivity contribution is 7.10. The first-order valence-electron chi connectivity index (χ1n) is 6.76. The first-order valence-corrected chi connectivity index (χ1v) is 7.64. The van der Waals surface area contributed by atoms with Crippen LogP contribution < -0.4 is 10.6 Å². The molecule has 0 saturated heterocycles. The van der Waals surface area contributed by atoms with Crippen molar-refractivity contribution in [3.8, 4) is 0 Å². The molecule has 0 aromatic carbocycles. The minimum Gasteiger partial charge on any atom is -0.363 e. The normalized spacial score (nSPS) is 11.8. The van der Waals surface area contributed by atoms with Gasteiger partial charge in [0.1, 0.15) is 12.3 Å². The average Bonchev–Trinajstić information content (AvgIpc) is 3.31. The fourth-order valence-electron chi connectivity index (χ4n) is 1.99. The molecule has 3 aromatic heterocycles. The maximum absolute atomic E-state index is 11.9. The number of rotatable bonds is 5. The standard InChI is InChI=1S/C14H13N5O3S/c20-13(14(21)17-12-4-7-22-18-12)15-9-10(11-3-1-8-23-11)19-6-2-5-16-19/h1-8,10H,9H2,(H,15,20)(H,17,18,21). The summed E-state index contributed by atoms with van der Waals surface area (Å²) in [4.78, 5) is 24.7. The SMILES string of the molecule is O=C(NCC(c1cccs1)n1cccn1)C(=O)Nc1ccon1. The van der Waals surface area contributed by atoms with Gasteiger partial charge in [-0.25, -0.2) is 0 Å². The lowest BCUT2D eigenvalue weighted by Crippen LogP contribution is -2.38. The van der Waals surface area contributed by atoms with E-state index in [4.69, 9.17) is 0 Å². The Kier molecular flexibility index (Phi) is 4.48. The van der Waals surface area contributed by atoms with E-state index in [9.17, 15) is 9.59 Å². The van der Waals surface area contributed by atoms with Crippen molar-refractivity contribution in [2.75, 3.05) is 11.9 Å². The van der Waals surface area contributed by atoms with E-state index in [2.05, 4.69) is 25.4 Å². The highest BCUT2D eigenvalue weighted by Gasteiger charge is 2.20. The lowest BCUT2D eigenvalue weighted by molar-refractivity contribution is -0.136. The van der Waals surface area contributed by atoms with Crippen molar-refractivity contribution in [1.82, 2.24) is 20.3 Å². The second kappa shape index (κ2) is 6.88. The molecular weight excluding hydrogens is 318 g/mol. The van der Waals surface area contributed by atoms with Gasteiger partial charge < -0.3 is 9.84 Å². The summed E-state index contributed by atoms with van der Waals surface area (Å²) >= 11 is 1.56. The molecule has 3 heterocycles. The van der Waals surface area contributed by atoms with E-state index in [1.807, 2.05) is 23.7 Å². The Labute approximate surface area is 135 Å². The minimum absolute atomic E-state index is 0.172. The summed E-state index contributed by atoms with van der Waals surface area (Å²) in [7, 11) is 0. The second-order valence-electron chi connectivity index (χ2n) is 4.57. The fraction of sp³-hybridized carbons (Fsp3) is 0.143. The molecule has 0 bridgehead atoms. The van der Waals surface area contributed by atoms with Crippen LogP contribution in [0.2, 0.25) is 0 Å². The minimum atomic E-state index is -0.802. The summed E-state index contributed by atoms with van der Waals surface area (Å²) in [6.07, 6.45) is 4.78.